The molecule has 3 heterocycles. The summed E-state index contributed by atoms with van der Waals surface area (Å²) >= 11 is 1.21. The molecule has 2 aromatic carbocycles. The van der Waals surface area contributed by atoms with Gasteiger partial charge in [-0.1, -0.05) is 30.0 Å². The highest BCUT2D eigenvalue weighted by atomic mass is 32.2. The fraction of sp³-hybridized carbons (Fsp3) is 0.208. The maximum absolute atomic E-state index is 13.5. The number of aromatic nitrogens is 3. The summed E-state index contributed by atoms with van der Waals surface area (Å²) in [5.41, 5.74) is 4.08. The molecule has 0 spiro atoms. The molecule has 0 radical (unpaired) electrons. The number of nitrogens with one attached hydrogen (secondary N) is 1. The number of aryl methyl sites for hydroxylation is 2. The molecule has 0 atom stereocenters. The molecule has 2 aromatic heterocycles. The van der Waals surface area contributed by atoms with E-state index in [-0.39, 0.29) is 23.0 Å². The van der Waals surface area contributed by atoms with E-state index in [9.17, 15) is 14.0 Å². The Kier molecular flexibility index (Phi) is 5.30. The first-order chi connectivity index (χ1) is 15.5. The van der Waals surface area contributed by atoms with Crippen molar-refractivity contribution in [1.82, 2.24) is 14.5 Å². The summed E-state index contributed by atoms with van der Waals surface area (Å²) in [7, 11) is 0. The normalized spacial score (nSPS) is 13.4. The molecule has 32 heavy (non-hydrogen) atoms. The minimum absolute atomic E-state index is 0.0348. The molecule has 4 aromatic rings. The predicted octanol–water partition coefficient (Wildman–Crippen LogP) is 4.23. The summed E-state index contributed by atoms with van der Waals surface area (Å²) in [5, 5.41) is 0.395. The number of hydrogen-bond donors (Lipinski definition) is 1. The Bertz CT molecular complexity index is 1380. The number of benzene rings is 2. The van der Waals surface area contributed by atoms with Gasteiger partial charge in [0.25, 0.3) is 5.56 Å². The number of hydrogen-bond acceptors (Lipinski definition) is 4. The Morgan fingerprint density at radius 3 is 2.78 bits per heavy atom. The zero-order valence-corrected chi connectivity index (χ0v) is 18.3. The lowest BCUT2D eigenvalue weighted by molar-refractivity contribution is -0.116. The molecule has 1 aliphatic rings. The van der Waals surface area contributed by atoms with Gasteiger partial charge in [0.05, 0.1) is 17.0 Å². The molecule has 0 saturated carbocycles. The number of H-pyrrole nitrogens is 1. The number of carbonyl (C=O) groups excluding carboxylic acids is 1. The lowest BCUT2D eigenvalue weighted by atomic mass is 10.0. The quantitative estimate of drug-likeness (QED) is 0.375. The number of thioether (sulfide) groups is 1. The standard InChI is InChI=1S/C24H21FN4O2S/c1-15-13-19-22(26-15)23(31)29(18-10-8-17(25)9-11-18)24(27-19)32-14-21(30)28-12-4-6-16-5-2-3-7-20(16)28/h2-3,5,7-11,13,26H,4,6,12,14H2,1H3. The van der Waals surface area contributed by atoms with Crippen LogP contribution in [0.3, 0.4) is 0 Å². The van der Waals surface area contributed by atoms with Crippen molar-refractivity contribution in [2.45, 2.75) is 24.9 Å². The number of para-hydroxylation sites is 1. The number of anilines is 1. The van der Waals surface area contributed by atoms with Crippen molar-refractivity contribution in [3.63, 3.8) is 0 Å². The monoisotopic (exact) mass is 448 g/mol. The largest absolute Gasteiger partial charge is 0.353 e. The Morgan fingerprint density at radius 2 is 1.97 bits per heavy atom. The molecular formula is C24H21FN4O2S. The highest BCUT2D eigenvalue weighted by molar-refractivity contribution is 7.99. The number of halogens is 1. The minimum Gasteiger partial charge on any atom is -0.353 e. The fourth-order valence-electron chi connectivity index (χ4n) is 4.09. The first-order valence-corrected chi connectivity index (χ1v) is 11.4. The van der Waals surface area contributed by atoms with Gasteiger partial charge in [0.2, 0.25) is 5.91 Å². The van der Waals surface area contributed by atoms with Gasteiger partial charge in [0, 0.05) is 17.9 Å². The zero-order chi connectivity index (χ0) is 22.2. The van der Waals surface area contributed by atoms with Gasteiger partial charge in [-0.3, -0.25) is 14.2 Å². The van der Waals surface area contributed by atoms with E-state index >= 15 is 0 Å². The van der Waals surface area contributed by atoms with Crippen LogP contribution in [0.2, 0.25) is 0 Å². The van der Waals surface area contributed by atoms with Crippen molar-refractivity contribution < 1.29 is 9.18 Å². The molecule has 0 aliphatic carbocycles. The van der Waals surface area contributed by atoms with Crippen LogP contribution >= 0.6 is 11.8 Å². The molecule has 6 nitrogen and oxygen atoms in total. The van der Waals surface area contributed by atoms with E-state index in [1.54, 1.807) is 6.07 Å². The van der Waals surface area contributed by atoms with Crippen molar-refractivity contribution in [1.29, 1.82) is 0 Å². The lowest BCUT2D eigenvalue weighted by Gasteiger charge is -2.29. The van der Waals surface area contributed by atoms with Gasteiger partial charge >= 0.3 is 0 Å². The molecule has 0 saturated heterocycles. The zero-order valence-electron chi connectivity index (χ0n) is 17.5. The van der Waals surface area contributed by atoms with Gasteiger partial charge in [0.15, 0.2) is 5.16 Å². The summed E-state index contributed by atoms with van der Waals surface area (Å²) in [6, 6.07) is 15.4. The molecule has 8 heteroatoms. The summed E-state index contributed by atoms with van der Waals surface area (Å²) in [5.74, 6) is -0.288. The van der Waals surface area contributed by atoms with E-state index in [0.717, 1.165) is 24.2 Å². The summed E-state index contributed by atoms with van der Waals surface area (Å²) in [6.07, 6.45) is 1.88. The molecule has 1 aliphatic heterocycles. The molecular weight excluding hydrogens is 427 g/mol. The summed E-state index contributed by atoms with van der Waals surface area (Å²) < 4.78 is 14.9. The topological polar surface area (TPSA) is 71.0 Å². The predicted molar refractivity (Wildman–Crippen MR) is 124 cm³/mol. The Hall–Kier alpha value is -3.39. The highest BCUT2D eigenvalue weighted by Crippen LogP contribution is 2.28. The van der Waals surface area contributed by atoms with Crippen molar-refractivity contribution in [2.24, 2.45) is 0 Å². The van der Waals surface area contributed by atoms with E-state index in [4.69, 9.17) is 0 Å². The maximum Gasteiger partial charge on any atom is 0.283 e. The van der Waals surface area contributed by atoms with Crippen LogP contribution < -0.4 is 10.5 Å². The van der Waals surface area contributed by atoms with Crippen molar-refractivity contribution >= 4 is 34.4 Å². The number of aromatic amines is 1. The van der Waals surface area contributed by atoms with Gasteiger partial charge in [-0.05, 0) is 61.7 Å². The van der Waals surface area contributed by atoms with Crippen LogP contribution in [-0.4, -0.2) is 32.7 Å². The maximum atomic E-state index is 13.5. The van der Waals surface area contributed by atoms with Crippen molar-refractivity contribution in [2.75, 3.05) is 17.2 Å². The Morgan fingerprint density at radius 1 is 1.19 bits per heavy atom. The van der Waals surface area contributed by atoms with E-state index in [1.807, 2.05) is 30.0 Å². The van der Waals surface area contributed by atoms with E-state index < -0.39 is 0 Å². The van der Waals surface area contributed by atoms with Gasteiger partial charge in [-0.15, -0.1) is 0 Å². The molecule has 162 valence electrons. The lowest BCUT2D eigenvalue weighted by Crippen LogP contribution is -2.36. The smallest absolute Gasteiger partial charge is 0.283 e. The first-order valence-electron chi connectivity index (χ1n) is 10.4. The number of amides is 1. The highest BCUT2D eigenvalue weighted by Gasteiger charge is 2.23. The number of rotatable bonds is 4. The van der Waals surface area contributed by atoms with Crippen LogP contribution in [0, 0.1) is 12.7 Å². The van der Waals surface area contributed by atoms with Gasteiger partial charge in [-0.25, -0.2) is 9.37 Å². The Labute approximate surface area is 188 Å². The molecule has 5 rings (SSSR count). The van der Waals surface area contributed by atoms with Crippen LogP contribution in [0.25, 0.3) is 16.7 Å². The van der Waals surface area contributed by atoms with Crippen molar-refractivity contribution in [3.8, 4) is 5.69 Å². The van der Waals surface area contributed by atoms with Crippen LogP contribution in [0.1, 0.15) is 17.7 Å². The van der Waals surface area contributed by atoms with E-state index in [2.05, 4.69) is 16.0 Å². The van der Waals surface area contributed by atoms with Crippen LogP contribution in [0.5, 0.6) is 0 Å². The van der Waals surface area contributed by atoms with Gasteiger partial charge in [0.1, 0.15) is 11.3 Å². The molecule has 1 N–H and O–H groups in total. The molecule has 1 amide bonds. The summed E-state index contributed by atoms with van der Waals surface area (Å²) in [6.45, 7) is 2.53. The second-order valence-corrected chi connectivity index (χ2v) is 8.73. The van der Waals surface area contributed by atoms with Crippen LogP contribution in [-0.2, 0) is 11.2 Å². The molecule has 0 fully saturated rings. The second-order valence-electron chi connectivity index (χ2n) is 7.79. The number of nitrogens with zero attached hydrogens (tertiary/aromatic N) is 3. The second kappa shape index (κ2) is 8.27. The van der Waals surface area contributed by atoms with Gasteiger partial charge in [-0.2, -0.15) is 0 Å². The van der Waals surface area contributed by atoms with Crippen molar-refractivity contribution in [3.05, 3.63) is 82.0 Å². The SMILES string of the molecule is Cc1cc2nc(SCC(=O)N3CCCc4ccccc43)n(-c3ccc(F)cc3)c(=O)c2[nH]1. The third-order valence-corrected chi connectivity index (χ3v) is 6.50. The van der Waals surface area contributed by atoms with Crippen LogP contribution in [0.4, 0.5) is 10.1 Å². The number of carbonyl (C=O) groups is 1. The third kappa shape index (κ3) is 3.71. The Balaban J connectivity index is 1.50. The van der Waals surface area contributed by atoms with E-state index in [1.165, 1.54) is 46.2 Å². The fourth-order valence-corrected chi connectivity index (χ4v) is 4.98. The molecule has 0 bridgehead atoms. The van der Waals surface area contributed by atoms with E-state index in [0.29, 0.717) is 28.4 Å². The minimum atomic E-state index is -0.389. The van der Waals surface area contributed by atoms with Gasteiger partial charge < -0.3 is 9.88 Å². The number of fused-ring (bicyclic) bond motifs is 2. The van der Waals surface area contributed by atoms with Crippen LogP contribution in [0.15, 0.2) is 64.5 Å². The average Bonchev–Trinajstić information content (AvgIpc) is 3.18. The third-order valence-electron chi connectivity index (χ3n) is 5.58. The summed E-state index contributed by atoms with van der Waals surface area (Å²) in [4.78, 5) is 35.9. The average molecular weight is 449 g/mol. The first kappa shape index (κ1) is 20.5. The molecule has 0 unspecified atom stereocenters.